The van der Waals surface area contributed by atoms with Gasteiger partial charge in [0.2, 0.25) is 0 Å². The molecule has 1 aromatic heterocycles. The molecule has 1 rings (SSSR count). The molecule has 0 unspecified atom stereocenters. The highest BCUT2D eigenvalue weighted by Gasteiger charge is 2.16. The van der Waals surface area contributed by atoms with Crippen molar-refractivity contribution in [1.29, 1.82) is 0 Å². The minimum Gasteiger partial charge on any atom is -0.404 e. The van der Waals surface area contributed by atoms with Gasteiger partial charge >= 0.3 is 6.01 Å². The molecule has 3 heteroatoms. The fourth-order valence-corrected chi connectivity index (χ4v) is 0.547. The van der Waals surface area contributed by atoms with Crippen molar-refractivity contribution in [3.8, 4) is 0 Å². The molecule has 0 aromatic carbocycles. The first-order chi connectivity index (χ1) is 4.11. The summed E-state index contributed by atoms with van der Waals surface area (Å²) in [5, 5.41) is 0. The molecule has 0 aliphatic heterocycles. The van der Waals surface area contributed by atoms with E-state index in [0.717, 1.165) is 6.01 Å². The second-order valence-electron chi connectivity index (χ2n) is 2.83. The minimum atomic E-state index is 0.632. The molecule has 0 saturated heterocycles. The zero-order valence-corrected chi connectivity index (χ0v) is 5.96. The van der Waals surface area contributed by atoms with Gasteiger partial charge in [-0.2, -0.15) is 4.98 Å². The van der Waals surface area contributed by atoms with Crippen LogP contribution in [0.5, 0.6) is 0 Å². The Bertz CT molecular complexity index is 173. The summed E-state index contributed by atoms with van der Waals surface area (Å²) < 4.78 is 5.69. The third kappa shape index (κ3) is 1.29. The molecular weight excluding hydrogens is 116 g/mol. The summed E-state index contributed by atoms with van der Waals surface area (Å²) in [4.78, 5) is 3.99. The van der Waals surface area contributed by atoms with Gasteiger partial charge in [0.25, 0.3) is 0 Å². The largest absolute Gasteiger partial charge is 0.404 e. The molecule has 0 N–H and O–H groups in total. The molecule has 9 heavy (non-hydrogen) atoms. The van der Waals surface area contributed by atoms with E-state index in [2.05, 4.69) is 4.98 Å². The second kappa shape index (κ2) is 1.84. The van der Waals surface area contributed by atoms with E-state index in [1.54, 1.807) is 12.5 Å². The summed E-state index contributed by atoms with van der Waals surface area (Å²) in [6, 6.07) is 0.731. The monoisotopic (exact) mass is 127 g/mol. The molecule has 3 nitrogen and oxygen atoms in total. The average Bonchev–Trinajstić information content (AvgIpc) is 2.08. The first-order valence-corrected chi connectivity index (χ1v) is 2.82. The average molecular weight is 127 g/mol. The van der Waals surface area contributed by atoms with Crippen molar-refractivity contribution in [2.24, 2.45) is 0 Å². The van der Waals surface area contributed by atoms with E-state index in [0.29, 0.717) is 4.48 Å². The number of hydrogen-bond donors (Lipinski definition) is 0. The van der Waals surface area contributed by atoms with Crippen molar-refractivity contribution < 1.29 is 4.42 Å². The van der Waals surface area contributed by atoms with E-state index in [-0.39, 0.29) is 0 Å². The molecule has 1 aromatic rings. The van der Waals surface area contributed by atoms with E-state index in [1.165, 1.54) is 0 Å². The summed E-state index contributed by atoms with van der Waals surface area (Å²) >= 11 is 0. The maximum absolute atomic E-state index is 5.06. The lowest BCUT2D eigenvalue weighted by Gasteiger charge is -2.16. The van der Waals surface area contributed by atoms with Crippen LogP contribution in [0.1, 0.15) is 0 Å². The lowest BCUT2D eigenvalue weighted by Crippen LogP contribution is -2.34. The van der Waals surface area contributed by atoms with Crippen LogP contribution in [-0.4, -0.2) is 26.1 Å². The van der Waals surface area contributed by atoms with Gasteiger partial charge in [0.15, 0.2) is 0 Å². The number of oxazole rings is 1. The first kappa shape index (κ1) is 6.29. The molecule has 0 bridgehead atoms. The van der Waals surface area contributed by atoms with E-state index in [1.807, 2.05) is 21.1 Å². The van der Waals surface area contributed by atoms with Crippen LogP contribution in [0.25, 0.3) is 0 Å². The lowest BCUT2D eigenvalue weighted by atomic mass is 10.7. The fraction of sp³-hybridized carbons (Fsp3) is 0.500. The summed E-state index contributed by atoms with van der Waals surface area (Å²) in [7, 11) is 6.02. The third-order valence-electron chi connectivity index (χ3n) is 0.993. The normalized spacial score (nSPS) is 11.9. The predicted molar refractivity (Wildman–Crippen MR) is 36.1 cm³/mol. The van der Waals surface area contributed by atoms with Crippen LogP contribution in [0.3, 0.4) is 0 Å². The highest BCUT2D eigenvalue weighted by molar-refractivity contribution is 5.14. The smallest absolute Gasteiger partial charge is 0.403 e. The molecule has 50 valence electrons. The standard InChI is InChI=1S/C6H11N2O/c1-8(2,3)6-7-4-5-9-6/h4-5H,1-3H3/q+1. The van der Waals surface area contributed by atoms with Gasteiger partial charge in [0.05, 0.1) is 27.3 Å². The number of nitrogens with zero attached hydrogens (tertiary/aromatic N) is 2. The van der Waals surface area contributed by atoms with Gasteiger partial charge in [0.1, 0.15) is 6.26 Å². The molecule has 0 spiro atoms. The Balaban J connectivity index is 2.90. The van der Waals surface area contributed by atoms with E-state index >= 15 is 0 Å². The topological polar surface area (TPSA) is 26.0 Å². The Kier molecular flexibility index (Phi) is 1.29. The Labute approximate surface area is 54.5 Å². The van der Waals surface area contributed by atoms with Crippen LogP contribution in [0.2, 0.25) is 0 Å². The van der Waals surface area contributed by atoms with Crippen molar-refractivity contribution in [3.05, 3.63) is 12.5 Å². The summed E-state index contributed by atoms with van der Waals surface area (Å²) in [6.45, 7) is 0. The molecule has 0 fully saturated rings. The molecule has 0 aliphatic carbocycles. The van der Waals surface area contributed by atoms with Crippen LogP contribution in [0.15, 0.2) is 16.9 Å². The van der Waals surface area contributed by atoms with Crippen molar-refractivity contribution in [2.75, 3.05) is 21.1 Å². The lowest BCUT2D eigenvalue weighted by molar-refractivity contribution is 0.369. The van der Waals surface area contributed by atoms with Crippen molar-refractivity contribution in [1.82, 2.24) is 9.47 Å². The molecule has 1 heterocycles. The van der Waals surface area contributed by atoms with Crippen LogP contribution in [0, 0.1) is 0 Å². The Morgan fingerprint density at radius 2 is 2.11 bits per heavy atom. The summed E-state index contributed by atoms with van der Waals surface area (Å²) in [5.41, 5.74) is 0. The summed E-state index contributed by atoms with van der Waals surface area (Å²) in [6.07, 6.45) is 3.23. The van der Waals surface area contributed by atoms with Crippen LogP contribution in [-0.2, 0) is 0 Å². The zero-order valence-electron chi connectivity index (χ0n) is 5.96. The van der Waals surface area contributed by atoms with Gasteiger partial charge in [-0.25, -0.2) is 4.48 Å². The van der Waals surface area contributed by atoms with E-state index in [9.17, 15) is 0 Å². The SMILES string of the molecule is C[N+](C)(C)c1ncco1. The molecule has 0 radical (unpaired) electrons. The van der Waals surface area contributed by atoms with E-state index < -0.39 is 0 Å². The van der Waals surface area contributed by atoms with Gasteiger partial charge in [-0.15, -0.1) is 0 Å². The van der Waals surface area contributed by atoms with Gasteiger partial charge in [0, 0.05) is 0 Å². The van der Waals surface area contributed by atoms with E-state index in [4.69, 9.17) is 4.42 Å². The quantitative estimate of drug-likeness (QED) is 0.523. The first-order valence-electron chi connectivity index (χ1n) is 2.82. The zero-order chi connectivity index (χ0) is 6.91. The highest BCUT2D eigenvalue weighted by atomic mass is 16.4. The Morgan fingerprint density at radius 3 is 2.33 bits per heavy atom. The third-order valence-corrected chi connectivity index (χ3v) is 0.993. The Hall–Kier alpha value is -0.830. The van der Waals surface area contributed by atoms with Gasteiger partial charge in [-0.3, -0.25) is 0 Å². The van der Waals surface area contributed by atoms with Crippen molar-refractivity contribution in [2.45, 2.75) is 0 Å². The maximum atomic E-state index is 5.06. The predicted octanol–water partition coefficient (Wildman–Crippen LogP) is 0.871. The van der Waals surface area contributed by atoms with Crippen molar-refractivity contribution >= 4 is 6.01 Å². The number of hydrogen-bond acceptors (Lipinski definition) is 2. The minimum absolute atomic E-state index is 0.632. The van der Waals surface area contributed by atoms with Crippen LogP contribution < -0.4 is 4.48 Å². The fourth-order valence-electron chi connectivity index (χ4n) is 0.547. The van der Waals surface area contributed by atoms with Gasteiger partial charge in [-0.1, -0.05) is 0 Å². The molecule has 0 amide bonds. The van der Waals surface area contributed by atoms with Crippen LogP contribution in [0.4, 0.5) is 6.01 Å². The molecule has 0 saturated carbocycles. The second-order valence-corrected chi connectivity index (χ2v) is 2.83. The Morgan fingerprint density at radius 1 is 1.44 bits per heavy atom. The van der Waals surface area contributed by atoms with Gasteiger partial charge < -0.3 is 4.42 Å². The van der Waals surface area contributed by atoms with Gasteiger partial charge in [-0.05, 0) is 0 Å². The number of quaternary nitrogens is 1. The highest BCUT2D eigenvalue weighted by Crippen LogP contribution is 2.10. The number of aromatic nitrogens is 1. The molecule has 0 aliphatic rings. The van der Waals surface area contributed by atoms with Crippen molar-refractivity contribution in [3.63, 3.8) is 0 Å². The molecule has 0 atom stereocenters. The summed E-state index contributed by atoms with van der Waals surface area (Å²) in [5.74, 6) is 0. The maximum Gasteiger partial charge on any atom is 0.403 e. The van der Waals surface area contributed by atoms with Crippen LogP contribution >= 0.6 is 0 Å². The number of rotatable bonds is 1. The molecular formula is C6H11N2O+.